The predicted octanol–water partition coefficient (Wildman–Crippen LogP) is 2.55. The third kappa shape index (κ3) is 8.70. The summed E-state index contributed by atoms with van der Waals surface area (Å²) in [4.78, 5) is 10.9. The zero-order chi connectivity index (χ0) is 9.94. The number of carbonyl (C=O) groups excluding carboxylic acids is 1. The van der Waals surface area contributed by atoms with Crippen LogP contribution in [0.15, 0.2) is 0 Å². The largest absolute Gasteiger partial charge is 0.285 e. The summed E-state index contributed by atoms with van der Waals surface area (Å²) >= 11 is 0. The summed E-state index contributed by atoms with van der Waals surface area (Å²) in [5.41, 5.74) is 0. The highest BCUT2D eigenvalue weighted by atomic mass is 16.1. The second-order valence-electron chi connectivity index (χ2n) is 2.83. The van der Waals surface area contributed by atoms with Crippen molar-refractivity contribution in [2.75, 3.05) is 0 Å². The molecule has 0 saturated heterocycles. The minimum Gasteiger partial charge on any atom is -0.285 e. The number of unbranched alkanes of at least 4 members (excludes halogenated alkanes) is 2. The van der Waals surface area contributed by atoms with Gasteiger partial charge in [0.25, 0.3) is 0 Å². The molecule has 0 atom stereocenters. The minimum atomic E-state index is -0.00714. The molecule has 1 nitrogen and oxygen atoms in total. The third-order valence-electron chi connectivity index (χ3n) is 1.49. The first-order valence-corrected chi connectivity index (χ1v) is 4.83. The van der Waals surface area contributed by atoms with Crippen molar-refractivity contribution in [3.8, 4) is 23.7 Å². The van der Waals surface area contributed by atoms with Crippen LogP contribution < -0.4 is 0 Å². The molecule has 0 amide bonds. The molecular weight excluding hydrogens is 160 g/mol. The first-order valence-electron chi connectivity index (χ1n) is 4.83. The van der Waals surface area contributed by atoms with E-state index in [9.17, 15) is 4.79 Å². The molecule has 0 aromatic rings. The van der Waals surface area contributed by atoms with E-state index in [-0.39, 0.29) is 5.78 Å². The second-order valence-corrected chi connectivity index (χ2v) is 2.83. The first-order chi connectivity index (χ1) is 6.31. The maximum absolute atomic E-state index is 10.9. The monoisotopic (exact) mass is 176 g/mol. The lowest BCUT2D eigenvalue weighted by molar-refractivity contribution is -0.113. The average Bonchev–Trinajstić information content (AvgIpc) is 2.11. The van der Waals surface area contributed by atoms with Gasteiger partial charge in [-0.25, -0.2) is 0 Å². The lowest BCUT2D eigenvalue weighted by Gasteiger charge is -1.82. The molecule has 0 saturated carbocycles. The highest BCUT2D eigenvalue weighted by Crippen LogP contribution is 1.90. The maximum atomic E-state index is 10.9. The van der Waals surface area contributed by atoms with Gasteiger partial charge in [-0.1, -0.05) is 26.2 Å². The van der Waals surface area contributed by atoms with Crippen LogP contribution in [0.25, 0.3) is 0 Å². The SMILES string of the molecule is CCCCC#CC#CC(=O)CCC. The molecule has 0 aromatic carbocycles. The lowest BCUT2D eigenvalue weighted by atomic mass is 10.2. The molecule has 0 rings (SSSR count). The van der Waals surface area contributed by atoms with Gasteiger partial charge >= 0.3 is 0 Å². The van der Waals surface area contributed by atoms with E-state index in [0.717, 1.165) is 25.7 Å². The van der Waals surface area contributed by atoms with Gasteiger partial charge in [0.1, 0.15) is 0 Å². The Kier molecular flexibility index (Phi) is 8.06. The fourth-order valence-electron chi connectivity index (χ4n) is 0.762. The molecule has 13 heavy (non-hydrogen) atoms. The standard InChI is InChI=1S/C12H16O/c1-3-5-6-7-8-9-11-12(13)10-4-2/h3-6,10H2,1-2H3. The van der Waals surface area contributed by atoms with E-state index in [0.29, 0.717) is 6.42 Å². The van der Waals surface area contributed by atoms with E-state index >= 15 is 0 Å². The molecule has 0 radical (unpaired) electrons. The minimum absolute atomic E-state index is 0.00714. The Balaban J connectivity index is 3.68. The van der Waals surface area contributed by atoms with E-state index in [4.69, 9.17) is 0 Å². The Bertz CT molecular complexity index is 254. The van der Waals surface area contributed by atoms with Crippen LogP contribution in [-0.4, -0.2) is 5.78 Å². The first kappa shape index (κ1) is 11.8. The van der Waals surface area contributed by atoms with Crippen molar-refractivity contribution in [3.63, 3.8) is 0 Å². The average molecular weight is 176 g/mol. The van der Waals surface area contributed by atoms with Crippen molar-refractivity contribution in [2.24, 2.45) is 0 Å². The van der Waals surface area contributed by atoms with E-state index in [1.54, 1.807) is 0 Å². The summed E-state index contributed by atoms with van der Waals surface area (Å²) < 4.78 is 0. The van der Waals surface area contributed by atoms with E-state index in [1.165, 1.54) is 0 Å². The zero-order valence-electron chi connectivity index (χ0n) is 8.44. The van der Waals surface area contributed by atoms with Gasteiger partial charge in [0.15, 0.2) is 0 Å². The molecular formula is C12H16O. The van der Waals surface area contributed by atoms with Crippen molar-refractivity contribution in [1.29, 1.82) is 0 Å². The Morgan fingerprint density at radius 2 is 1.92 bits per heavy atom. The van der Waals surface area contributed by atoms with Gasteiger partial charge in [-0.3, -0.25) is 4.79 Å². The number of rotatable bonds is 4. The van der Waals surface area contributed by atoms with Crippen molar-refractivity contribution < 1.29 is 4.79 Å². The van der Waals surface area contributed by atoms with Gasteiger partial charge in [0, 0.05) is 12.8 Å². The normalized spacial score (nSPS) is 7.85. The highest BCUT2D eigenvalue weighted by Gasteiger charge is 1.90. The van der Waals surface area contributed by atoms with Crippen LogP contribution in [0.1, 0.15) is 46.0 Å². The summed E-state index contributed by atoms with van der Waals surface area (Å²) in [5.74, 6) is 10.6. The van der Waals surface area contributed by atoms with E-state index < -0.39 is 0 Å². The Morgan fingerprint density at radius 1 is 1.15 bits per heavy atom. The molecule has 70 valence electrons. The van der Waals surface area contributed by atoms with Crippen molar-refractivity contribution in [2.45, 2.75) is 46.0 Å². The smallest absolute Gasteiger partial charge is 0.206 e. The van der Waals surface area contributed by atoms with Crippen LogP contribution in [-0.2, 0) is 4.79 Å². The van der Waals surface area contributed by atoms with Gasteiger partial charge in [-0.05, 0) is 30.6 Å². The summed E-state index contributed by atoms with van der Waals surface area (Å²) in [6, 6.07) is 0. The van der Waals surface area contributed by atoms with E-state index in [2.05, 4.69) is 30.6 Å². The van der Waals surface area contributed by atoms with Gasteiger partial charge in [-0.15, -0.1) is 0 Å². The van der Waals surface area contributed by atoms with Crippen LogP contribution in [0.2, 0.25) is 0 Å². The number of hydrogen-bond donors (Lipinski definition) is 0. The molecule has 0 fully saturated rings. The highest BCUT2D eigenvalue weighted by molar-refractivity contribution is 5.95. The van der Waals surface area contributed by atoms with Crippen LogP contribution >= 0.6 is 0 Å². The Morgan fingerprint density at radius 3 is 2.54 bits per heavy atom. The molecule has 0 N–H and O–H groups in total. The summed E-state index contributed by atoms with van der Waals surface area (Å²) in [5, 5.41) is 0. The molecule has 0 aliphatic rings. The molecule has 0 aliphatic carbocycles. The number of hydrogen-bond acceptors (Lipinski definition) is 1. The number of Topliss-reactive ketones (excluding diaryl/α,β-unsaturated/α-hetero) is 1. The number of carbonyl (C=O) groups is 1. The maximum Gasteiger partial charge on any atom is 0.206 e. The van der Waals surface area contributed by atoms with Gasteiger partial charge < -0.3 is 0 Å². The molecule has 0 aliphatic heterocycles. The lowest BCUT2D eigenvalue weighted by Crippen LogP contribution is -1.89. The van der Waals surface area contributed by atoms with E-state index in [1.807, 2.05) is 6.92 Å². The van der Waals surface area contributed by atoms with Crippen LogP contribution in [0.5, 0.6) is 0 Å². The van der Waals surface area contributed by atoms with Crippen molar-refractivity contribution in [3.05, 3.63) is 0 Å². The number of ketones is 1. The summed E-state index contributed by atoms with van der Waals surface area (Å²) in [7, 11) is 0. The van der Waals surface area contributed by atoms with Crippen molar-refractivity contribution in [1.82, 2.24) is 0 Å². The molecule has 0 unspecified atom stereocenters. The van der Waals surface area contributed by atoms with Gasteiger partial charge in [-0.2, -0.15) is 0 Å². The van der Waals surface area contributed by atoms with Crippen LogP contribution in [0.3, 0.4) is 0 Å². The van der Waals surface area contributed by atoms with Crippen LogP contribution in [0.4, 0.5) is 0 Å². The molecule has 1 heteroatoms. The molecule has 0 spiro atoms. The second kappa shape index (κ2) is 8.88. The fourth-order valence-corrected chi connectivity index (χ4v) is 0.762. The molecule has 0 bridgehead atoms. The molecule has 0 aromatic heterocycles. The zero-order valence-corrected chi connectivity index (χ0v) is 8.44. The fraction of sp³-hybridized carbons (Fsp3) is 0.583. The van der Waals surface area contributed by atoms with Gasteiger partial charge in [0.05, 0.1) is 0 Å². The quantitative estimate of drug-likeness (QED) is 0.365. The third-order valence-corrected chi connectivity index (χ3v) is 1.49. The summed E-state index contributed by atoms with van der Waals surface area (Å²) in [6.45, 7) is 4.09. The van der Waals surface area contributed by atoms with Crippen LogP contribution in [0, 0.1) is 23.7 Å². The topological polar surface area (TPSA) is 17.1 Å². The Labute approximate surface area is 80.9 Å². The Hall–Kier alpha value is -1.21. The summed E-state index contributed by atoms with van der Waals surface area (Å²) in [6.07, 6.45) is 4.54. The van der Waals surface area contributed by atoms with Gasteiger partial charge in [0.2, 0.25) is 5.78 Å². The predicted molar refractivity (Wildman–Crippen MR) is 55.0 cm³/mol. The van der Waals surface area contributed by atoms with Crippen molar-refractivity contribution >= 4 is 5.78 Å². The molecule has 0 heterocycles.